The van der Waals surface area contributed by atoms with Crippen LogP contribution in [0, 0.1) is 12.3 Å². The third kappa shape index (κ3) is 4.43. The second kappa shape index (κ2) is 7.76. The van der Waals surface area contributed by atoms with Crippen molar-refractivity contribution in [3.63, 3.8) is 0 Å². The first-order valence-corrected chi connectivity index (χ1v) is 9.25. The Hall–Kier alpha value is -1.92. The molecule has 0 saturated carbocycles. The molecule has 6 nitrogen and oxygen atoms in total. The number of nitrogens with one attached hydrogen (secondary N) is 1. The molecular weight excluding hydrogens is 330 g/mol. The van der Waals surface area contributed by atoms with Crippen molar-refractivity contribution in [3.05, 3.63) is 35.4 Å². The highest BCUT2D eigenvalue weighted by Gasteiger charge is 2.37. The maximum absolute atomic E-state index is 12.7. The number of benzene rings is 1. The Balaban J connectivity index is 1.63. The molecule has 3 rings (SSSR count). The Morgan fingerprint density at radius 2 is 2.04 bits per heavy atom. The van der Waals surface area contributed by atoms with Gasteiger partial charge in [-0.2, -0.15) is 0 Å². The van der Waals surface area contributed by atoms with Crippen LogP contribution in [0.25, 0.3) is 0 Å². The van der Waals surface area contributed by atoms with E-state index in [1.54, 1.807) is 4.90 Å². The number of carbonyl (C=O) groups is 2. The Morgan fingerprint density at radius 1 is 1.35 bits per heavy atom. The van der Waals surface area contributed by atoms with Crippen LogP contribution in [-0.2, 0) is 20.9 Å². The van der Waals surface area contributed by atoms with Gasteiger partial charge in [0, 0.05) is 38.6 Å². The van der Waals surface area contributed by atoms with E-state index < -0.39 is 6.04 Å². The Kier molecular flexibility index (Phi) is 5.63. The van der Waals surface area contributed by atoms with E-state index in [9.17, 15) is 9.59 Å². The fraction of sp³-hybridized carbons (Fsp3) is 0.600. The van der Waals surface area contributed by atoms with E-state index >= 15 is 0 Å². The van der Waals surface area contributed by atoms with Gasteiger partial charge in [0.05, 0.1) is 25.7 Å². The monoisotopic (exact) mass is 359 g/mol. The summed E-state index contributed by atoms with van der Waals surface area (Å²) in [4.78, 5) is 29.0. The van der Waals surface area contributed by atoms with Crippen molar-refractivity contribution in [2.45, 2.75) is 32.9 Å². The van der Waals surface area contributed by atoms with E-state index in [2.05, 4.69) is 48.3 Å². The number of nitrogens with zero attached hydrogens (tertiary/aromatic N) is 2. The van der Waals surface area contributed by atoms with Crippen molar-refractivity contribution >= 4 is 11.8 Å². The highest BCUT2D eigenvalue weighted by atomic mass is 16.5. The van der Waals surface area contributed by atoms with Crippen molar-refractivity contribution in [3.8, 4) is 0 Å². The third-order valence-electron chi connectivity index (χ3n) is 5.26. The van der Waals surface area contributed by atoms with E-state index in [0.29, 0.717) is 32.8 Å². The molecule has 0 bridgehead atoms. The molecule has 6 heteroatoms. The first kappa shape index (κ1) is 18.9. The smallest absolute Gasteiger partial charge is 0.237 e. The van der Waals surface area contributed by atoms with Gasteiger partial charge in [-0.15, -0.1) is 0 Å². The van der Waals surface area contributed by atoms with Crippen LogP contribution in [0.2, 0.25) is 0 Å². The zero-order valence-corrected chi connectivity index (χ0v) is 16.0. The Bertz CT molecular complexity index is 655. The molecule has 142 valence electrons. The molecular formula is C20H29N3O3. The van der Waals surface area contributed by atoms with Crippen LogP contribution >= 0.6 is 0 Å². The third-order valence-corrected chi connectivity index (χ3v) is 5.26. The highest BCUT2D eigenvalue weighted by molar-refractivity contribution is 5.88. The van der Waals surface area contributed by atoms with E-state index in [0.717, 1.165) is 12.1 Å². The molecule has 2 saturated heterocycles. The van der Waals surface area contributed by atoms with Gasteiger partial charge in [-0.3, -0.25) is 14.5 Å². The molecule has 0 aliphatic carbocycles. The van der Waals surface area contributed by atoms with Gasteiger partial charge in [-0.1, -0.05) is 36.8 Å². The van der Waals surface area contributed by atoms with Crippen LogP contribution < -0.4 is 5.32 Å². The van der Waals surface area contributed by atoms with E-state index in [4.69, 9.17) is 4.74 Å². The summed E-state index contributed by atoms with van der Waals surface area (Å²) in [6.45, 7) is 8.29. The van der Waals surface area contributed by atoms with Crippen molar-refractivity contribution in [2.75, 3.05) is 39.9 Å². The quantitative estimate of drug-likeness (QED) is 0.829. The number of carbonyl (C=O) groups excluding carboxylic acids is 2. The summed E-state index contributed by atoms with van der Waals surface area (Å²) >= 11 is 0. The summed E-state index contributed by atoms with van der Waals surface area (Å²) in [6, 6.07) is 7.92. The lowest BCUT2D eigenvalue weighted by molar-refractivity contribution is -0.146. The van der Waals surface area contributed by atoms with Gasteiger partial charge >= 0.3 is 0 Å². The van der Waals surface area contributed by atoms with E-state index in [-0.39, 0.29) is 23.7 Å². The van der Waals surface area contributed by atoms with Crippen LogP contribution in [0.1, 0.15) is 24.5 Å². The lowest BCUT2D eigenvalue weighted by Gasteiger charge is -2.41. The average Bonchev–Trinajstić information content (AvgIpc) is 2.58. The molecule has 2 aliphatic heterocycles. The average molecular weight is 359 g/mol. The Morgan fingerprint density at radius 3 is 2.65 bits per heavy atom. The van der Waals surface area contributed by atoms with Crippen molar-refractivity contribution in [1.29, 1.82) is 0 Å². The van der Waals surface area contributed by atoms with Crippen molar-refractivity contribution < 1.29 is 14.3 Å². The van der Waals surface area contributed by atoms with E-state index in [1.165, 1.54) is 5.56 Å². The highest BCUT2D eigenvalue weighted by Crippen LogP contribution is 2.27. The number of aryl methyl sites for hydroxylation is 1. The summed E-state index contributed by atoms with van der Waals surface area (Å²) in [5.74, 6) is -0.0441. The molecule has 2 amide bonds. The number of hydrogen-bond donors (Lipinski definition) is 1. The van der Waals surface area contributed by atoms with Crippen LogP contribution in [0.3, 0.4) is 0 Å². The summed E-state index contributed by atoms with van der Waals surface area (Å²) in [5, 5.41) is 2.90. The molecule has 0 aromatic heterocycles. The van der Waals surface area contributed by atoms with Gasteiger partial charge in [0.1, 0.15) is 0 Å². The van der Waals surface area contributed by atoms with Gasteiger partial charge in [-0.05, 0) is 12.5 Å². The first-order valence-electron chi connectivity index (χ1n) is 9.25. The van der Waals surface area contributed by atoms with Crippen LogP contribution in [-0.4, -0.2) is 67.6 Å². The SMILES string of the molecule is Cc1ccc(CN2CCNC(=O)C2CC(=O)N(C)CC2(C)COC2)cc1. The van der Waals surface area contributed by atoms with Crippen LogP contribution in [0.4, 0.5) is 0 Å². The molecule has 2 fully saturated rings. The molecule has 1 aromatic rings. The maximum atomic E-state index is 12.7. The summed E-state index contributed by atoms with van der Waals surface area (Å²) < 4.78 is 5.27. The Labute approximate surface area is 155 Å². The molecule has 2 heterocycles. The van der Waals surface area contributed by atoms with Gasteiger partial charge in [0.2, 0.25) is 11.8 Å². The zero-order valence-electron chi connectivity index (χ0n) is 16.0. The fourth-order valence-electron chi connectivity index (χ4n) is 3.63. The maximum Gasteiger partial charge on any atom is 0.237 e. The van der Waals surface area contributed by atoms with Gasteiger partial charge in [0.25, 0.3) is 0 Å². The molecule has 1 unspecified atom stereocenters. The standard InChI is InChI=1S/C20H29N3O3/c1-15-4-6-16(7-5-15)11-23-9-8-21-19(25)17(23)10-18(24)22(3)12-20(2)13-26-14-20/h4-7,17H,8-14H2,1-3H3,(H,21,25). The molecule has 1 atom stereocenters. The molecule has 0 radical (unpaired) electrons. The lowest BCUT2D eigenvalue weighted by Crippen LogP contribution is -2.56. The molecule has 1 N–H and O–H groups in total. The minimum Gasteiger partial charge on any atom is -0.380 e. The summed E-state index contributed by atoms with van der Waals surface area (Å²) in [6.07, 6.45) is 0.213. The van der Waals surface area contributed by atoms with E-state index in [1.807, 2.05) is 7.05 Å². The zero-order chi connectivity index (χ0) is 18.7. The normalized spacial score (nSPS) is 22.4. The first-order chi connectivity index (χ1) is 12.4. The largest absolute Gasteiger partial charge is 0.380 e. The number of ether oxygens (including phenoxy) is 1. The number of piperazine rings is 1. The van der Waals surface area contributed by atoms with Crippen molar-refractivity contribution in [2.24, 2.45) is 5.41 Å². The van der Waals surface area contributed by atoms with Crippen LogP contribution in [0.5, 0.6) is 0 Å². The predicted octanol–water partition coefficient (Wildman–Crippen LogP) is 1.18. The van der Waals surface area contributed by atoms with Crippen molar-refractivity contribution in [1.82, 2.24) is 15.1 Å². The minimum atomic E-state index is -0.412. The van der Waals surface area contributed by atoms with Gasteiger partial charge in [0.15, 0.2) is 0 Å². The minimum absolute atomic E-state index is 0.00841. The van der Waals surface area contributed by atoms with Gasteiger partial charge in [-0.25, -0.2) is 0 Å². The molecule has 1 aromatic carbocycles. The molecule has 26 heavy (non-hydrogen) atoms. The summed E-state index contributed by atoms with van der Waals surface area (Å²) in [5.41, 5.74) is 2.42. The number of rotatable bonds is 6. The second-order valence-electron chi connectivity index (χ2n) is 8.02. The van der Waals surface area contributed by atoms with Crippen LogP contribution in [0.15, 0.2) is 24.3 Å². The lowest BCUT2D eigenvalue weighted by atomic mass is 9.88. The van der Waals surface area contributed by atoms with Gasteiger partial charge < -0.3 is 15.0 Å². The predicted molar refractivity (Wildman–Crippen MR) is 99.6 cm³/mol. The fourth-order valence-corrected chi connectivity index (χ4v) is 3.63. The number of amides is 2. The topological polar surface area (TPSA) is 61.9 Å². The number of hydrogen-bond acceptors (Lipinski definition) is 4. The molecule has 0 spiro atoms. The second-order valence-corrected chi connectivity index (χ2v) is 8.02. The molecule has 2 aliphatic rings. The summed E-state index contributed by atoms with van der Waals surface area (Å²) in [7, 11) is 1.82.